The minimum Gasteiger partial charge on any atom is -0.294 e. The van der Waals surface area contributed by atoms with Gasteiger partial charge in [0, 0.05) is 5.92 Å². The van der Waals surface area contributed by atoms with Crippen molar-refractivity contribution in [1.82, 2.24) is 0 Å². The maximum atomic E-state index is 13.5. The van der Waals surface area contributed by atoms with Gasteiger partial charge in [0.2, 0.25) is 0 Å². The standard InChI is InChI=1S/C13H14F2O/c1-8-6-12(15)10(7-11(8)14)13(16)9-4-2-3-5-9/h6-7,9H,2-5H2,1H3. The Labute approximate surface area is 93.5 Å². The fourth-order valence-corrected chi connectivity index (χ4v) is 2.24. The summed E-state index contributed by atoms with van der Waals surface area (Å²) in [6.07, 6.45) is 3.61. The Balaban J connectivity index is 2.32. The highest BCUT2D eigenvalue weighted by atomic mass is 19.1. The van der Waals surface area contributed by atoms with Crippen LogP contribution < -0.4 is 0 Å². The molecule has 0 unspecified atom stereocenters. The van der Waals surface area contributed by atoms with Crippen LogP contribution in [0.2, 0.25) is 0 Å². The average molecular weight is 224 g/mol. The van der Waals surface area contributed by atoms with Gasteiger partial charge in [0.25, 0.3) is 0 Å². The number of carbonyl (C=O) groups is 1. The van der Waals surface area contributed by atoms with E-state index < -0.39 is 11.6 Å². The zero-order valence-corrected chi connectivity index (χ0v) is 9.22. The lowest BCUT2D eigenvalue weighted by atomic mass is 9.95. The lowest BCUT2D eigenvalue weighted by molar-refractivity contribution is 0.0918. The van der Waals surface area contributed by atoms with E-state index in [1.54, 1.807) is 0 Å². The van der Waals surface area contributed by atoms with Crippen LogP contribution in [0.1, 0.15) is 41.6 Å². The zero-order valence-electron chi connectivity index (χ0n) is 9.22. The van der Waals surface area contributed by atoms with Crippen molar-refractivity contribution < 1.29 is 13.6 Å². The van der Waals surface area contributed by atoms with Crippen molar-refractivity contribution in [2.75, 3.05) is 0 Å². The van der Waals surface area contributed by atoms with Gasteiger partial charge in [0.15, 0.2) is 5.78 Å². The molecule has 0 spiro atoms. The summed E-state index contributed by atoms with van der Waals surface area (Å²) in [6.45, 7) is 1.49. The monoisotopic (exact) mass is 224 g/mol. The summed E-state index contributed by atoms with van der Waals surface area (Å²) in [7, 11) is 0. The second-order valence-corrected chi connectivity index (χ2v) is 4.43. The van der Waals surface area contributed by atoms with Gasteiger partial charge < -0.3 is 0 Å². The van der Waals surface area contributed by atoms with Crippen LogP contribution in [0.25, 0.3) is 0 Å². The molecule has 3 heteroatoms. The molecule has 0 atom stereocenters. The van der Waals surface area contributed by atoms with E-state index in [0.29, 0.717) is 0 Å². The van der Waals surface area contributed by atoms with Crippen LogP contribution in [-0.4, -0.2) is 5.78 Å². The summed E-state index contributed by atoms with van der Waals surface area (Å²) in [6, 6.07) is 2.13. The molecule has 0 aromatic heterocycles. The number of hydrogen-bond acceptors (Lipinski definition) is 1. The van der Waals surface area contributed by atoms with Crippen molar-refractivity contribution in [2.45, 2.75) is 32.6 Å². The number of rotatable bonds is 2. The van der Waals surface area contributed by atoms with Gasteiger partial charge >= 0.3 is 0 Å². The maximum Gasteiger partial charge on any atom is 0.168 e. The van der Waals surface area contributed by atoms with E-state index in [-0.39, 0.29) is 22.8 Å². The molecule has 1 nitrogen and oxygen atoms in total. The van der Waals surface area contributed by atoms with Crippen molar-refractivity contribution in [3.63, 3.8) is 0 Å². The van der Waals surface area contributed by atoms with Crippen LogP contribution in [-0.2, 0) is 0 Å². The summed E-state index contributed by atoms with van der Waals surface area (Å²) in [4.78, 5) is 11.9. The van der Waals surface area contributed by atoms with Crippen LogP contribution in [0, 0.1) is 24.5 Å². The smallest absolute Gasteiger partial charge is 0.168 e. The van der Waals surface area contributed by atoms with Gasteiger partial charge in [-0.1, -0.05) is 12.8 Å². The van der Waals surface area contributed by atoms with Crippen molar-refractivity contribution in [1.29, 1.82) is 0 Å². The lowest BCUT2D eigenvalue weighted by Gasteiger charge is -2.09. The molecule has 1 fully saturated rings. The van der Waals surface area contributed by atoms with Gasteiger partial charge in [-0.2, -0.15) is 0 Å². The number of aryl methyl sites for hydroxylation is 1. The highest BCUT2D eigenvalue weighted by molar-refractivity contribution is 5.98. The molecule has 1 aliphatic rings. The van der Waals surface area contributed by atoms with Gasteiger partial charge in [-0.15, -0.1) is 0 Å². The number of hydrogen-bond donors (Lipinski definition) is 0. The number of benzene rings is 1. The summed E-state index contributed by atoms with van der Waals surface area (Å²) in [5.74, 6) is -1.47. The van der Waals surface area contributed by atoms with E-state index in [0.717, 1.165) is 37.8 Å². The Morgan fingerprint density at radius 1 is 1.19 bits per heavy atom. The second kappa shape index (κ2) is 4.32. The molecule has 1 saturated carbocycles. The highest BCUT2D eigenvalue weighted by Crippen LogP contribution is 2.29. The normalized spacial score (nSPS) is 16.7. The van der Waals surface area contributed by atoms with Gasteiger partial charge in [-0.25, -0.2) is 8.78 Å². The number of ketones is 1. The molecule has 16 heavy (non-hydrogen) atoms. The molecule has 0 N–H and O–H groups in total. The Kier molecular flexibility index (Phi) is 3.03. The van der Waals surface area contributed by atoms with Crippen LogP contribution in [0.3, 0.4) is 0 Å². The first-order chi connectivity index (χ1) is 7.59. The Morgan fingerprint density at radius 3 is 2.44 bits per heavy atom. The van der Waals surface area contributed by atoms with Gasteiger partial charge in [0.05, 0.1) is 5.56 Å². The quantitative estimate of drug-likeness (QED) is 0.701. The van der Waals surface area contributed by atoms with Crippen molar-refractivity contribution in [2.24, 2.45) is 5.92 Å². The highest BCUT2D eigenvalue weighted by Gasteiger charge is 2.26. The van der Waals surface area contributed by atoms with Crippen LogP contribution >= 0.6 is 0 Å². The molecule has 0 heterocycles. The lowest BCUT2D eigenvalue weighted by Crippen LogP contribution is -2.13. The molecule has 0 bridgehead atoms. The molecular weight excluding hydrogens is 210 g/mol. The summed E-state index contributed by atoms with van der Waals surface area (Å²) in [5, 5.41) is 0. The third-order valence-electron chi connectivity index (χ3n) is 3.24. The molecule has 1 aromatic rings. The third-order valence-corrected chi connectivity index (χ3v) is 3.24. The van der Waals surface area contributed by atoms with Gasteiger partial charge in [0.1, 0.15) is 11.6 Å². The van der Waals surface area contributed by atoms with E-state index in [1.165, 1.54) is 6.92 Å². The Morgan fingerprint density at radius 2 is 1.81 bits per heavy atom. The fourth-order valence-electron chi connectivity index (χ4n) is 2.24. The second-order valence-electron chi connectivity index (χ2n) is 4.43. The van der Waals surface area contributed by atoms with E-state index >= 15 is 0 Å². The van der Waals surface area contributed by atoms with Crippen molar-refractivity contribution >= 4 is 5.78 Å². The number of Topliss-reactive ketones (excluding diaryl/α,β-unsaturated/α-hetero) is 1. The van der Waals surface area contributed by atoms with E-state index in [1.807, 2.05) is 0 Å². The maximum absolute atomic E-state index is 13.5. The molecule has 0 aliphatic heterocycles. The van der Waals surface area contributed by atoms with Crippen LogP contribution in [0.15, 0.2) is 12.1 Å². The summed E-state index contributed by atoms with van der Waals surface area (Å²) < 4.78 is 26.8. The van der Waals surface area contributed by atoms with E-state index in [4.69, 9.17) is 0 Å². The van der Waals surface area contributed by atoms with Gasteiger partial charge in [-0.3, -0.25) is 4.79 Å². The predicted molar refractivity (Wildman–Crippen MR) is 57.4 cm³/mol. The summed E-state index contributed by atoms with van der Waals surface area (Å²) in [5.41, 5.74) is 0.149. The largest absolute Gasteiger partial charge is 0.294 e. The minimum absolute atomic E-state index is 0.0880. The molecule has 0 radical (unpaired) electrons. The first-order valence-electron chi connectivity index (χ1n) is 5.59. The van der Waals surface area contributed by atoms with Crippen molar-refractivity contribution in [3.8, 4) is 0 Å². The molecular formula is C13H14F2O. The van der Waals surface area contributed by atoms with Crippen LogP contribution in [0.4, 0.5) is 8.78 Å². The number of halogens is 2. The first-order valence-corrected chi connectivity index (χ1v) is 5.59. The Hall–Kier alpha value is -1.25. The SMILES string of the molecule is Cc1cc(F)c(C(=O)C2CCCC2)cc1F. The molecule has 1 aromatic carbocycles. The minimum atomic E-state index is -0.601. The predicted octanol–water partition coefficient (Wildman–Crippen LogP) is 3.65. The number of carbonyl (C=O) groups excluding carboxylic acids is 1. The topological polar surface area (TPSA) is 17.1 Å². The van der Waals surface area contributed by atoms with Crippen molar-refractivity contribution in [3.05, 3.63) is 34.9 Å². The third kappa shape index (κ3) is 1.99. The first kappa shape index (κ1) is 11.2. The molecule has 2 rings (SSSR count). The Bertz CT molecular complexity index is 420. The molecule has 0 saturated heterocycles. The van der Waals surface area contributed by atoms with E-state index in [9.17, 15) is 13.6 Å². The van der Waals surface area contributed by atoms with Gasteiger partial charge in [-0.05, 0) is 37.5 Å². The molecule has 86 valence electrons. The molecule has 1 aliphatic carbocycles. The zero-order chi connectivity index (χ0) is 11.7. The average Bonchev–Trinajstić information content (AvgIpc) is 2.75. The van der Waals surface area contributed by atoms with Crippen LogP contribution in [0.5, 0.6) is 0 Å². The molecule has 0 amide bonds. The summed E-state index contributed by atoms with van der Waals surface area (Å²) >= 11 is 0. The van der Waals surface area contributed by atoms with E-state index in [2.05, 4.69) is 0 Å². The fraction of sp³-hybridized carbons (Fsp3) is 0.462.